The Balaban J connectivity index is 1.70. The van der Waals surface area contributed by atoms with E-state index in [1.54, 1.807) is 18.2 Å². The highest BCUT2D eigenvalue weighted by Gasteiger charge is 2.19. The molecule has 0 aliphatic heterocycles. The van der Waals surface area contributed by atoms with Crippen molar-refractivity contribution in [2.45, 2.75) is 26.4 Å². The van der Waals surface area contributed by atoms with Crippen LogP contribution in [0.4, 0.5) is 0 Å². The number of carboxylic acid groups (broad SMARTS) is 1. The number of amides is 1. The highest BCUT2D eigenvalue weighted by atomic mass is 35.5. The molecule has 1 atom stereocenters. The van der Waals surface area contributed by atoms with Gasteiger partial charge in [-0.2, -0.15) is 5.10 Å². The van der Waals surface area contributed by atoms with E-state index in [0.29, 0.717) is 27.2 Å². The van der Waals surface area contributed by atoms with E-state index in [2.05, 4.69) is 5.32 Å². The Morgan fingerprint density at radius 1 is 0.917 bits per heavy atom. The monoisotopic (exact) mass is 541 g/mol. The summed E-state index contributed by atoms with van der Waals surface area (Å²) in [6.07, 6.45) is 0. The first-order chi connectivity index (χ1) is 17.1. The molecular weight excluding hydrogens is 521 g/mol. The first-order valence-electron chi connectivity index (χ1n) is 11.0. The lowest BCUT2D eigenvalue weighted by molar-refractivity contribution is -0.138. The molecule has 4 rings (SSSR count). The van der Waals surface area contributed by atoms with E-state index < -0.39 is 17.9 Å². The summed E-state index contributed by atoms with van der Waals surface area (Å²) in [6, 6.07) is 18.8. The van der Waals surface area contributed by atoms with Crippen molar-refractivity contribution in [3.63, 3.8) is 0 Å². The maximum Gasteiger partial charge on any atom is 0.325 e. The van der Waals surface area contributed by atoms with Crippen molar-refractivity contribution < 1.29 is 14.7 Å². The number of nitrogens with zero attached hydrogens (tertiary/aromatic N) is 2. The zero-order valence-corrected chi connectivity index (χ0v) is 21.7. The van der Waals surface area contributed by atoms with E-state index >= 15 is 0 Å². The Morgan fingerprint density at radius 3 is 2.11 bits per heavy atom. The molecule has 0 aliphatic rings. The van der Waals surface area contributed by atoms with Crippen molar-refractivity contribution in [3.8, 4) is 22.5 Å². The minimum Gasteiger partial charge on any atom is -0.480 e. The fourth-order valence-corrected chi connectivity index (χ4v) is 4.53. The van der Waals surface area contributed by atoms with Gasteiger partial charge in [0.05, 0.1) is 17.9 Å². The maximum atomic E-state index is 12.3. The lowest BCUT2D eigenvalue weighted by Gasteiger charge is -2.11. The number of halogens is 3. The molecule has 0 fully saturated rings. The lowest BCUT2D eigenvalue weighted by atomic mass is 10.0. The van der Waals surface area contributed by atoms with E-state index in [9.17, 15) is 9.59 Å². The van der Waals surface area contributed by atoms with Gasteiger partial charge in [0.1, 0.15) is 6.04 Å². The molecule has 0 radical (unpaired) electrons. The molecule has 3 aromatic carbocycles. The molecule has 0 aliphatic carbocycles. The summed E-state index contributed by atoms with van der Waals surface area (Å²) in [7, 11) is 0. The second kappa shape index (κ2) is 10.7. The number of nitrogens with one attached hydrogen (secondary N) is 1. The Labute approximate surface area is 223 Å². The molecular formula is C27H22Cl3N3O3. The number of carbonyl (C=O) groups excluding carboxylic acids is 1. The molecule has 1 unspecified atom stereocenters. The number of carbonyl (C=O) groups is 2. The van der Waals surface area contributed by atoms with Crippen molar-refractivity contribution in [1.82, 2.24) is 15.1 Å². The van der Waals surface area contributed by atoms with Crippen LogP contribution in [0.5, 0.6) is 0 Å². The van der Waals surface area contributed by atoms with Crippen LogP contribution in [0.1, 0.15) is 28.4 Å². The van der Waals surface area contributed by atoms with Crippen molar-refractivity contribution in [1.29, 1.82) is 0 Å². The van der Waals surface area contributed by atoms with Gasteiger partial charge in [-0.25, -0.2) is 0 Å². The second-order valence-corrected chi connectivity index (χ2v) is 9.68. The predicted molar refractivity (Wildman–Crippen MR) is 143 cm³/mol. The SMILES string of the molecule is Cc1c(-c2cc(Cl)cc(Cl)c2)nn(Cc2ccc(C(=O)NC(C)C(=O)O)cc2)c1-c1ccc(Cl)cc1. The van der Waals surface area contributed by atoms with Gasteiger partial charge in [0.25, 0.3) is 5.91 Å². The number of benzene rings is 3. The van der Waals surface area contributed by atoms with E-state index in [1.165, 1.54) is 6.92 Å². The van der Waals surface area contributed by atoms with Crippen LogP contribution in [0, 0.1) is 6.92 Å². The third-order valence-electron chi connectivity index (χ3n) is 5.71. The average Bonchev–Trinajstić information content (AvgIpc) is 3.15. The molecule has 4 aromatic rings. The molecule has 0 spiro atoms. The van der Waals surface area contributed by atoms with Crippen molar-refractivity contribution in [3.05, 3.63) is 98.5 Å². The van der Waals surface area contributed by atoms with Crippen LogP contribution in [-0.2, 0) is 11.3 Å². The zero-order valence-electron chi connectivity index (χ0n) is 19.4. The lowest BCUT2D eigenvalue weighted by Crippen LogP contribution is -2.38. The summed E-state index contributed by atoms with van der Waals surface area (Å²) < 4.78 is 1.89. The van der Waals surface area contributed by atoms with E-state index in [1.807, 2.05) is 60.1 Å². The van der Waals surface area contributed by atoms with Gasteiger partial charge in [-0.1, -0.05) is 59.1 Å². The number of aromatic nitrogens is 2. The minimum absolute atomic E-state index is 0.371. The topological polar surface area (TPSA) is 84.2 Å². The number of hydrogen-bond acceptors (Lipinski definition) is 3. The molecule has 2 N–H and O–H groups in total. The number of carboxylic acids is 1. The molecule has 0 saturated heterocycles. The Hall–Kier alpha value is -3.32. The summed E-state index contributed by atoms with van der Waals surface area (Å²) in [5.41, 5.74) is 5.65. The predicted octanol–water partition coefficient (Wildman–Crippen LogP) is 6.74. The smallest absolute Gasteiger partial charge is 0.325 e. The standard InChI is InChI=1S/C27H22Cl3N3O3/c1-15-24(20-11-22(29)13-23(30)12-20)32-33(25(15)18-7-9-21(28)10-8-18)14-17-3-5-19(6-4-17)26(34)31-16(2)27(35)36/h3-13,16H,14H2,1-2H3,(H,31,34)(H,35,36). The van der Waals surface area contributed by atoms with Crippen molar-refractivity contribution in [2.24, 2.45) is 0 Å². The fraction of sp³-hybridized carbons (Fsp3) is 0.148. The van der Waals surface area contributed by atoms with Crippen LogP contribution in [-0.4, -0.2) is 32.8 Å². The number of rotatable bonds is 7. The summed E-state index contributed by atoms with van der Waals surface area (Å²) >= 11 is 18.6. The van der Waals surface area contributed by atoms with Gasteiger partial charge >= 0.3 is 5.97 Å². The second-order valence-electron chi connectivity index (χ2n) is 8.38. The highest BCUT2D eigenvalue weighted by molar-refractivity contribution is 6.35. The third-order valence-corrected chi connectivity index (χ3v) is 6.40. The van der Waals surface area contributed by atoms with Gasteiger partial charge < -0.3 is 10.4 Å². The van der Waals surface area contributed by atoms with Crippen molar-refractivity contribution in [2.75, 3.05) is 0 Å². The van der Waals surface area contributed by atoms with Crippen LogP contribution in [0.3, 0.4) is 0 Å². The molecule has 1 heterocycles. The summed E-state index contributed by atoms with van der Waals surface area (Å²) in [6.45, 7) is 3.84. The van der Waals surface area contributed by atoms with E-state index in [0.717, 1.165) is 33.6 Å². The highest BCUT2D eigenvalue weighted by Crippen LogP contribution is 2.35. The minimum atomic E-state index is -1.10. The normalized spacial score (nSPS) is 11.8. The summed E-state index contributed by atoms with van der Waals surface area (Å²) in [5.74, 6) is -1.55. The van der Waals surface area contributed by atoms with Gasteiger partial charge in [0, 0.05) is 37.3 Å². The average molecular weight is 543 g/mol. The van der Waals surface area contributed by atoms with Gasteiger partial charge in [-0.15, -0.1) is 0 Å². The summed E-state index contributed by atoms with van der Waals surface area (Å²) in [5, 5.41) is 18.0. The number of hydrogen-bond donors (Lipinski definition) is 2. The first-order valence-corrected chi connectivity index (χ1v) is 12.2. The van der Waals surface area contributed by atoms with Crippen LogP contribution >= 0.6 is 34.8 Å². The maximum absolute atomic E-state index is 12.3. The Kier molecular flexibility index (Phi) is 7.69. The Bertz CT molecular complexity index is 1410. The number of aliphatic carboxylic acids is 1. The Morgan fingerprint density at radius 2 is 1.53 bits per heavy atom. The largest absolute Gasteiger partial charge is 0.480 e. The van der Waals surface area contributed by atoms with E-state index in [4.69, 9.17) is 45.0 Å². The first kappa shape index (κ1) is 25.8. The fourth-order valence-electron chi connectivity index (χ4n) is 3.88. The molecule has 9 heteroatoms. The van der Waals surface area contributed by atoms with Gasteiger partial charge in [0.2, 0.25) is 0 Å². The molecule has 36 heavy (non-hydrogen) atoms. The van der Waals surface area contributed by atoms with Crippen LogP contribution in [0.2, 0.25) is 15.1 Å². The van der Waals surface area contributed by atoms with Crippen LogP contribution < -0.4 is 5.32 Å². The van der Waals surface area contributed by atoms with Gasteiger partial charge in [-0.05, 0) is 61.9 Å². The molecule has 184 valence electrons. The van der Waals surface area contributed by atoms with Crippen LogP contribution in [0.15, 0.2) is 66.7 Å². The molecule has 1 amide bonds. The quantitative estimate of drug-likeness (QED) is 0.271. The molecule has 6 nitrogen and oxygen atoms in total. The van der Waals surface area contributed by atoms with Gasteiger partial charge in [0.15, 0.2) is 0 Å². The molecule has 0 bridgehead atoms. The zero-order chi connectivity index (χ0) is 26.0. The van der Waals surface area contributed by atoms with E-state index in [-0.39, 0.29) is 0 Å². The molecule has 0 saturated carbocycles. The van der Waals surface area contributed by atoms with Crippen molar-refractivity contribution >= 4 is 46.7 Å². The summed E-state index contributed by atoms with van der Waals surface area (Å²) in [4.78, 5) is 23.3. The van der Waals surface area contributed by atoms with Gasteiger partial charge in [-0.3, -0.25) is 14.3 Å². The molecule has 1 aromatic heterocycles. The third kappa shape index (κ3) is 5.73. The van der Waals surface area contributed by atoms with Crippen LogP contribution in [0.25, 0.3) is 22.5 Å².